The van der Waals surface area contributed by atoms with Crippen molar-refractivity contribution in [1.29, 1.82) is 0 Å². The molecular weight excluding hydrogens is 288 g/mol. The third-order valence-corrected chi connectivity index (χ3v) is 5.41. The number of rotatable bonds is 5. The minimum Gasteiger partial charge on any atom is -0.369 e. The van der Waals surface area contributed by atoms with E-state index in [0.717, 1.165) is 41.0 Å². The highest BCUT2D eigenvalue weighted by Gasteiger charge is 2.15. The zero-order valence-corrected chi connectivity index (χ0v) is 13.3. The lowest BCUT2D eigenvalue weighted by Crippen LogP contribution is -2.20. The van der Waals surface area contributed by atoms with Crippen LogP contribution >= 0.6 is 23.1 Å². The third-order valence-electron chi connectivity index (χ3n) is 3.56. The van der Waals surface area contributed by atoms with Crippen LogP contribution < -0.4 is 10.6 Å². The van der Waals surface area contributed by atoms with Gasteiger partial charge in [0.2, 0.25) is 5.95 Å². The maximum absolute atomic E-state index is 4.62. The number of thioether (sulfide) groups is 1. The molecule has 108 valence electrons. The summed E-state index contributed by atoms with van der Waals surface area (Å²) in [6.45, 7) is 3.93. The SMILES string of the molecule is CCNc1nc(NCC2CCSCC2)c2ccsc2n1. The van der Waals surface area contributed by atoms with Gasteiger partial charge in [0.25, 0.3) is 0 Å². The van der Waals surface area contributed by atoms with E-state index in [4.69, 9.17) is 0 Å². The lowest BCUT2D eigenvalue weighted by Gasteiger charge is -2.22. The summed E-state index contributed by atoms with van der Waals surface area (Å²) < 4.78 is 0. The molecule has 0 amide bonds. The molecule has 1 fully saturated rings. The van der Waals surface area contributed by atoms with Gasteiger partial charge in [0.15, 0.2) is 0 Å². The molecule has 1 saturated heterocycles. The van der Waals surface area contributed by atoms with E-state index >= 15 is 0 Å². The van der Waals surface area contributed by atoms with Crippen LogP contribution in [0.3, 0.4) is 0 Å². The number of nitrogens with one attached hydrogen (secondary N) is 2. The summed E-state index contributed by atoms with van der Waals surface area (Å²) in [7, 11) is 0. The van der Waals surface area contributed by atoms with Crippen LogP contribution in [0, 0.1) is 5.92 Å². The van der Waals surface area contributed by atoms with Crippen molar-refractivity contribution in [3.8, 4) is 0 Å². The van der Waals surface area contributed by atoms with E-state index in [1.165, 1.54) is 24.3 Å². The lowest BCUT2D eigenvalue weighted by atomic mass is 10.0. The molecular formula is C14H20N4S2. The van der Waals surface area contributed by atoms with E-state index in [-0.39, 0.29) is 0 Å². The summed E-state index contributed by atoms with van der Waals surface area (Å²) in [5.74, 6) is 5.08. The van der Waals surface area contributed by atoms with Crippen LogP contribution in [0.1, 0.15) is 19.8 Å². The number of fused-ring (bicyclic) bond motifs is 1. The number of hydrogen-bond acceptors (Lipinski definition) is 6. The zero-order chi connectivity index (χ0) is 13.8. The van der Waals surface area contributed by atoms with Gasteiger partial charge in [-0.05, 0) is 48.6 Å². The van der Waals surface area contributed by atoms with Gasteiger partial charge in [0.05, 0.1) is 5.39 Å². The third kappa shape index (κ3) is 3.17. The van der Waals surface area contributed by atoms with Crippen LogP contribution in [-0.2, 0) is 0 Å². The van der Waals surface area contributed by atoms with Crippen molar-refractivity contribution in [3.05, 3.63) is 11.4 Å². The van der Waals surface area contributed by atoms with Crippen LogP contribution in [0.2, 0.25) is 0 Å². The Labute approximate surface area is 127 Å². The van der Waals surface area contributed by atoms with Crippen LogP contribution in [0.15, 0.2) is 11.4 Å². The molecule has 1 aliphatic heterocycles. The molecule has 0 aliphatic carbocycles. The van der Waals surface area contributed by atoms with Crippen molar-refractivity contribution in [3.63, 3.8) is 0 Å². The Kier molecular flexibility index (Phi) is 4.62. The summed E-state index contributed by atoms with van der Waals surface area (Å²) in [4.78, 5) is 10.2. The second-order valence-electron chi connectivity index (χ2n) is 5.00. The molecule has 0 bridgehead atoms. The van der Waals surface area contributed by atoms with Crippen LogP contribution in [0.5, 0.6) is 0 Å². The van der Waals surface area contributed by atoms with Gasteiger partial charge in [-0.2, -0.15) is 16.7 Å². The Balaban J connectivity index is 1.76. The van der Waals surface area contributed by atoms with Crippen molar-refractivity contribution in [2.24, 2.45) is 5.92 Å². The van der Waals surface area contributed by atoms with Gasteiger partial charge in [-0.25, -0.2) is 4.98 Å². The maximum atomic E-state index is 4.62. The molecule has 0 atom stereocenters. The Bertz CT molecular complexity index is 563. The Hall–Kier alpha value is -1.01. The van der Waals surface area contributed by atoms with Crippen LogP contribution in [0.4, 0.5) is 11.8 Å². The van der Waals surface area contributed by atoms with Gasteiger partial charge >= 0.3 is 0 Å². The van der Waals surface area contributed by atoms with E-state index in [1.807, 2.05) is 0 Å². The highest BCUT2D eigenvalue weighted by molar-refractivity contribution is 7.99. The summed E-state index contributed by atoms with van der Waals surface area (Å²) in [5.41, 5.74) is 0. The Morgan fingerprint density at radius 3 is 2.90 bits per heavy atom. The first kappa shape index (κ1) is 13.9. The summed E-state index contributed by atoms with van der Waals surface area (Å²) in [6, 6.07) is 2.11. The first-order valence-electron chi connectivity index (χ1n) is 7.17. The summed E-state index contributed by atoms with van der Waals surface area (Å²) in [5, 5.41) is 9.98. The fraction of sp³-hybridized carbons (Fsp3) is 0.571. The minimum atomic E-state index is 0.726. The lowest BCUT2D eigenvalue weighted by molar-refractivity contribution is 0.516. The molecule has 20 heavy (non-hydrogen) atoms. The fourth-order valence-electron chi connectivity index (χ4n) is 2.42. The molecule has 2 N–H and O–H groups in total. The molecule has 0 radical (unpaired) electrons. The molecule has 4 nitrogen and oxygen atoms in total. The Morgan fingerprint density at radius 1 is 1.25 bits per heavy atom. The largest absolute Gasteiger partial charge is 0.369 e. The molecule has 6 heteroatoms. The molecule has 0 spiro atoms. The smallest absolute Gasteiger partial charge is 0.226 e. The van der Waals surface area contributed by atoms with E-state index in [9.17, 15) is 0 Å². The first-order chi connectivity index (χ1) is 9.86. The molecule has 2 aromatic heterocycles. The molecule has 0 saturated carbocycles. The van der Waals surface area contributed by atoms with Crippen molar-refractivity contribution in [1.82, 2.24) is 9.97 Å². The van der Waals surface area contributed by atoms with Crippen LogP contribution in [-0.4, -0.2) is 34.6 Å². The number of nitrogens with zero attached hydrogens (tertiary/aromatic N) is 2. The predicted molar refractivity (Wildman–Crippen MR) is 90.1 cm³/mol. The van der Waals surface area contributed by atoms with Crippen molar-refractivity contribution in [2.45, 2.75) is 19.8 Å². The average Bonchev–Trinajstić information content (AvgIpc) is 2.95. The van der Waals surface area contributed by atoms with E-state index in [1.54, 1.807) is 11.3 Å². The standard InChI is InChI=1S/C14H20N4S2/c1-2-15-14-17-12(11-5-8-20-13(11)18-14)16-9-10-3-6-19-7-4-10/h5,8,10H,2-4,6-7,9H2,1H3,(H2,15,16,17,18). The fourth-order valence-corrected chi connectivity index (χ4v) is 4.39. The quantitative estimate of drug-likeness (QED) is 0.882. The van der Waals surface area contributed by atoms with Crippen molar-refractivity contribution >= 4 is 45.1 Å². The van der Waals surface area contributed by atoms with E-state index < -0.39 is 0 Å². The first-order valence-corrected chi connectivity index (χ1v) is 9.21. The van der Waals surface area contributed by atoms with Gasteiger partial charge in [0.1, 0.15) is 10.6 Å². The van der Waals surface area contributed by atoms with E-state index in [2.05, 4.69) is 50.7 Å². The van der Waals surface area contributed by atoms with Gasteiger partial charge in [-0.1, -0.05) is 0 Å². The zero-order valence-electron chi connectivity index (χ0n) is 11.7. The van der Waals surface area contributed by atoms with Gasteiger partial charge < -0.3 is 10.6 Å². The number of thiophene rings is 1. The molecule has 1 aliphatic rings. The monoisotopic (exact) mass is 308 g/mol. The molecule has 3 rings (SSSR count). The molecule has 3 heterocycles. The number of hydrogen-bond donors (Lipinski definition) is 2. The molecule has 2 aromatic rings. The predicted octanol–water partition coefficient (Wildman–Crippen LogP) is 3.68. The number of anilines is 2. The normalized spacial score (nSPS) is 16.4. The number of aromatic nitrogens is 2. The van der Waals surface area contributed by atoms with E-state index in [0.29, 0.717) is 0 Å². The van der Waals surface area contributed by atoms with Gasteiger partial charge in [-0.3, -0.25) is 0 Å². The molecule has 0 aromatic carbocycles. The highest BCUT2D eigenvalue weighted by atomic mass is 32.2. The second kappa shape index (κ2) is 6.63. The van der Waals surface area contributed by atoms with Crippen molar-refractivity contribution < 1.29 is 0 Å². The second-order valence-corrected chi connectivity index (χ2v) is 7.12. The average molecular weight is 308 g/mol. The maximum Gasteiger partial charge on any atom is 0.226 e. The summed E-state index contributed by atoms with van der Waals surface area (Å²) in [6.07, 6.45) is 2.63. The topological polar surface area (TPSA) is 49.8 Å². The van der Waals surface area contributed by atoms with Gasteiger partial charge in [0, 0.05) is 13.1 Å². The summed E-state index contributed by atoms with van der Waals surface area (Å²) >= 11 is 3.74. The van der Waals surface area contributed by atoms with Crippen molar-refractivity contribution in [2.75, 3.05) is 35.2 Å². The van der Waals surface area contributed by atoms with Gasteiger partial charge in [-0.15, -0.1) is 11.3 Å². The Morgan fingerprint density at radius 2 is 2.10 bits per heavy atom. The molecule has 0 unspecified atom stereocenters. The minimum absolute atomic E-state index is 0.726. The van der Waals surface area contributed by atoms with Crippen LogP contribution in [0.25, 0.3) is 10.2 Å². The highest BCUT2D eigenvalue weighted by Crippen LogP contribution is 2.28.